The Hall–Kier alpha value is -1.85. The normalized spacial score (nSPS) is 9.73. The van der Waals surface area contributed by atoms with Gasteiger partial charge >= 0.3 is 0 Å². The number of anilines is 2. The summed E-state index contributed by atoms with van der Waals surface area (Å²) in [5.41, 5.74) is 5.08. The number of primary amides is 1. The van der Waals surface area contributed by atoms with E-state index >= 15 is 0 Å². The molecule has 1 aromatic rings. The Morgan fingerprint density at radius 3 is 2.93 bits per heavy atom. The summed E-state index contributed by atoms with van der Waals surface area (Å²) in [5, 5.41) is 3.04. The van der Waals surface area contributed by atoms with E-state index < -0.39 is 5.91 Å². The van der Waals surface area contributed by atoms with Crippen molar-refractivity contribution in [3.05, 3.63) is 12.4 Å². The average Bonchev–Trinajstić information content (AvgIpc) is 2.17. The summed E-state index contributed by atoms with van der Waals surface area (Å²) in [4.78, 5) is 20.6. The minimum Gasteiger partial charge on any atom is -0.369 e. The first-order valence-corrected chi connectivity index (χ1v) is 4.69. The molecule has 0 unspecified atom stereocenters. The van der Waals surface area contributed by atoms with Gasteiger partial charge in [0.15, 0.2) is 0 Å². The van der Waals surface area contributed by atoms with Crippen LogP contribution in [0.2, 0.25) is 0 Å². The molecule has 0 spiro atoms. The van der Waals surface area contributed by atoms with Gasteiger partial charge in [-0.3, -0.25) is 9.78 Å². The van der Waals surface area contributed by atoms with E-state index in [1.165, 1.54) is 0 Å². The molecule has 0 atom stereocenters. The maximum Gasteiger partial charge on any atom is 0.236 e. The smallest absolute Gasteiger partial charge is 0.236 e. The van der Waals surface area contributed by atoms with Gasteiger partial charge in [0.2, 0.25) is 5.91 Å². The predicted octanol–water partition coefficient (Wildman–Crippen LogP) is -0.170. The summed E-state index contributed by atoms with van der Waals surface area (Å²) < 4.78 is 0. The first-order chi connectivity index (χ1) is 7.13. The lowest BCUT2D eigenvalue weighted by molar-refractivity contribution is -0.116. The third-order valence-corrected chi connectivity index (χ3v) is 1.76. The van der Waals surface area contributed by atoms with Crippen molar-refractivity contribution in [2.45, 2.75) is 6.92 Å². The number of carbonyl (C=O) groups is 1. The summed E-state index contributed by atoms with van der Waals surface area (Å²) >= 11 is 0. The number of aromatic nitrogens is 2. The predicted molar refractivity (Wildman–Crippen MR) is 58.7 cm³/mol. The molecule has 0 aliphatic heterocycles. The van der Waals surface area contributed by atoms with Crippen LogP contribution in [0.5, 0.6) is 0 Å². The van der Waals surface area contributed by atoms with Crippen LogP contribution in [0.4, 0.5) is 11.6 Å². The summed E-state index contributed by atoms with van der Waals surface area (Å²) in [6.07, 6.45) is 3.22. The van der Waals surface area contributed by atoms with E-state index in [0.29, 0.717) is 11.6 Å². The molecular weight excluding hydrogens is 194 g/mol. The summed E-state index contributed by atoms with van der Waals surface area (Å²) in [6, 6.07) is 0. The van der Waals surface area contributed by atoms with Crippen molar-refractivity contribution in [1.29, 1.82) is 0 Å². The van der Waals surface area contributed by atoms with Gasteiger partial charge in [-0.05, 0) is 6.92 Å². The second-order valence-electron chi connectivity index (χ2n) is 3.12. The molecule has 0 saturated carbocycles. The van der Waals surface area contributed by atoms with Crippen LogP contribution >= 0.6 is 0 Å². The van der Waals surface area contributed by atoms with Crippen LogP contribution in [-0.4, -0.2) is 36.0 Å². The summed E-state index contributed by atoms with van der Waals surface area (Å²) in [7, 11) is 1.74. The number of nitrogens with zero attached hydrogens (tertiary/aromatic N) is 3. The van der Waals surface area contributed by atoms with E-state index in [9.17, 15) is 4.79 Å². The first-order valence-electron chi connectivity index (χ1n) is 4.69. The largest absolute Gasteiger partial charge is 0.369 e. The van der Waals surface area contributed by atoms with Gasteiger partial charge in [-0.2, -0.15) is 0 Å². The molecule has 1 amide bonds. The second-order valence-corrected chi connectivity index (χ2v) is 3.12. The van der Waals surface area contributed by atoms with Crippen LogP contribution in [0.3, 0.4) is 0 Å². The topological polar surface area (TPSA) is 84.1 Å². The zero-order valence-electron chi connectivity index (χ0n) is 8.90. The molecule has 1 heterocycles. The molecule has 0 aliphatic rings. The standard InChI is InChI=1S/C9H15N5O/c1-3-12-8-4-11-5-9(13-8)14(2)6-7(10)15/h4-5H,3,6H2,1-2H3,(H2,10,15)(H,12,13). The van der Waals surface area contributed by atoms with Gasteiger partial charge in [-0.15, -0.1) is 0 Å². The molecule has 0 aliphatic carbocycles. The molecule has 82 valence electrons. The lowest BCUT2D eigenvalue weighted by atomic mass is 10.5. The van der Waals surface area contributed by atoms with Crippen molar-refractivity contribution in [3.63, 3.8) is 0 Å². The van der Waals surface area contributed by atoms with Gasteiger partial charge in [0.1, 0.15) is 11.6 Å². The molecular formula is C9H15N5O. The highest BCUT2D eigenvalue weighted by atomic mass is 16.1. The van der Waals surface area contributed by atoms with Gasteiger partial charge < -0.3 is 16.0 Å². The lowest BCUT2D eigenvalue weighted by Crippen LogP contribution is -2.31. The average molecular weight is 209 g/mol. The molecule has 0 fully saturated rings. The number of hydrogen-bond acceptors (Lipinski definition) is 5. The number of nitrogens with two attached hydrogens (primary N) is 1. The fraction of sp³-hybridized carbons (Fsp3) is 0.444. The highest BCUT2D eigenvalue weighted by Crippen LogP contribution is 2.09. The Morgan fingerprint density at radius 2 is 2.33 bits per heavy atom. The number of hydrogen-bond donors (Lipinski definition) is 2. The van der Waals surface area contributed by atoms with E-state index in [2.05, 4.69) is 15.3 Å². The van der Waals surface area contributed by atoms with Crippen LogP contribution in [0.1, 0.15) is 6.92 Å². The van der Waals surface area contributed by atoms with Gasteiger partial charge in [0, 0.05) is 13.6 Å². The molecule has 0 radical (unpaired) electrons. The van der Waals surface area contributed by atoms with E-state index in [4.69, 9.17) is 5.73 Å². The van der Waals surface area contributed by atoms with Crippen LogP contribution in [0, 0.1) is 0 Å². The van der Waals surface area contributed by atoms with Crippen molar-refractivity contribution in [3.8, 4) is 0 Å². The molecule has 1 aromatic heterocycles. The van der Waals surface area contributed by atoms with Gasteiger partial charge in [0.05, 0.1) is 18.9 Å². The molecule has 0 aromatic carbocycles. The molecule has 6 heteroatoms. The van der Waals surface area contributed by atoms with E-state index in [1.807, 2.05) is 6.92 Å². The number of amides is 1. The van der Waals surface area contributed by atoms with E-state index in [-0.39, 0.29) is 6.54 Å². The highest BCUT2D eigenvalue weighted by molar-refractivity contribution is 5.78. The van der Waals surface area contributed by atoms with Crippen LogP contribution < -0.4 is 16.0 Å². The van der Waals surface area contributed by atoms with Gasteiger partial charge in [-0.1, -0.05) is 0 Å². The third kappa shape index (κ3) is 3.41. The van der Waals surface area contributed by atoms with Crippen molar-refractivity contribution in [1.82, 2.24) is 9.97 Å². The molecule has 0 bridgehead atoms. The van der Waals surface area contributed by atoms with Gasteiger partial charge in [-0.25, -0.2) is 4.98 Å². The summed E-state index contributed by atoms with van der Waals surface area (Å²) in [6.45, 7) is 2.88. The van der Waals surface area contributed by atoms with Crippen molar-refractivity contribution >= 4 is 17.5 Å². The van der Waals surface area contributed by atoms with Crippen LogP contribution in [-0.2, 0) is 4.79 Å². The fourth-order valence-electron chi connectivity index (χ4n) is 1.12. The quantitative estimate of drug-likeness (QED) is 0.703. The van der Waals surface area contributed by atoms with Crippen molar-refractivity contribution in [2.24, 2.45) is 5.73 Å². The first kappa shape index (κ1) is 11.2. The Balaban J connectivity index is 2.75. The maximum absolute atomic E-state index is 10.7. The molecule has 1 rings (SSSR count). The number of rotatable bonds is 5. The zero-order chi connectivity index (χ0) is 11.3. The third-order valence-electron chi connectivity index (χ3n) is 1.76. The van der Waals surface area contributed by atoms with Crippen LogP contribution in [0.15, 0.2) is 12.4 Å². The minimum atomic E-state index is -0.395. The van der Waals surface area contributed by atoms with E-state index in [0.717, 1.165) is 6.54 Å². The Bertz CT molecular complexity index is 341. The SMILES string of the molecule is CCNc1cncc(N(C)CC(N)=O)n1. The molecule has 3 N–H and O–H groups in total. The van der Waals surface area contributed by atoms with Gasteiger partial charge in [0.25, 0.3) is 0 Å². The molecule has 0 saturated heterocycles. The summed E-state index contributed by atoms with van der Waals surface area (Å²) in [5.74, 6) is 0.909. The second kappa shape index (κ2) is 5.14. The highest BCUT2D eigenvalue weighted by Gasteiger charge is 2.06. The molecule has 6 nitrogen and oxygen atoms in total. The van der Waals surface area contributed by atoms with Crippen molar-refractivity contribution < 1.29 is 4.79 Å². The van der Waals surface area contributed by atoms with Crippen LogP contribution in [0.25, 0.3) is 0 Å². The Kier molecular flexibility index (Phi) is 3.84. The number of nitrogens with one attached hydrogen (secondary N) is 1. The number of carbonyl (C=O) groups excluding carboxylic acids is 1. The monoisotopic (exact) mass is 209 g/mol. The maximum atomic E-state index is 10.7. The Labute approximate surface area is 88.5 Å². The minimum absolute atomic E-state index is 0.129. The lowest BCUT2D eigenvalue weighted by Gasteiger charge is -2.16. The van der Waals surface area contributed by atoms with Crippen molar-refractivity contribution in [2.75, 3.05) is 30.4 Å². The Morgan fingerprint density at radius 1 is 1.60 bits per heavy atom. The van der Waals surface area contributed by atoms with E-state index in [1.54, 1.807) is 24.3 Å². The number of likely N-dealkylation sites (N-methyl/N-ethyl adjacent to an activating group) is 1. The molecule has 15 heavy (non-hydrogen) atoms. The fourth-order valence-corrected chi connectivity index (χ4v) is 1.12. The zero-order valence-corrected chi connectivity index (χ0v) is 8.90.